The monoisotopic (exact) mass is 325 g/mol. The van der Waals surface area contributed by atoms with E-state index < -0.39 is 15.8 Å². The van der Waals surface area contributed by atoms with Crippen molar-refractivity contribution < 1.29 is 12.8 Å². The number of sulfonamides is 1. The molecular weight excluding hydrogens is 318 g/mol. The summed E-state index contributed by atoms with van der Waals surface area (Å²) >= 11 is 5.82. The highest BCUT2D eigenvalue weighted by molar-refractivity contribution is 7.92. The predicted molar refractivity (Wildman–Crippen MR) is 76.9 cm³/mol. The molecule has 0 aliphatic carbocycles. The number of nitrogens with zero attached hydrogens (tertiary/aromatic N) is 1. The van der Waals surface area contributed by atoms with E-state index in [0.717, 1.165) is 0 Å². The molecule has 0 aliphatic rings. The van der Waals surface area contributed by atoms with Crippen LogP contribution in [0.3, 0.4) is 0 Å². The number of pyridine rings is 1. The Morgan fingerprint density at radius 2 is 2.10 bits per heavy atom. The summed E-state index contributed by atoms with van der Waals surface area (Å²) in [5.41, 5.74) is 0.735. The molecule has 21 heavy (non-hydrogen) atoms. The standard InChI is InChI=1S/C12H8ClN3O4S/c13-11-8(2-1-5-14-11)16-21(18,19)7-3-4-10-9(6-7)15-12(17)20-10/h1-6,16H,(H,15,17). The first-order valence-corrected chi connectivity index (χ1v) is 7.58. The van der Waals surface area contributed by atoms with Crippen LogP contribution in [0.15, 0.2) is 50.6 Å². The fourth-order valence-corrected chi connectivity index (χ4v) is 3.08. The molecule has 3 aromatic rings. The van der Waals surface area contributed by atoms with E-state index >= 15 is 0 Å². The van der Waals surface area contributed by atoms with Crippen molar-refractivity contribution in [3.8, 4) is 0 Å². The van der Waals surface area contributed by atoms with Gasteiger partial charge in [-0.15, -0.1) is 0 Å². The lowest BCUT2D eigenvalue weighted by molar-refractivity contribution is 0.555. The first kappa shape index (κ1) is 13.7. The van der Waals surface area contributed by atoms with Crippen molar-refractivity contribution in [2.24, 2.45) is 0 Å². The Labute approximate surface area is 123 Å². The summed E-state index contributed by atoms with van der Waals surface area (Å²) in [5.74, 6) is -0.650. The Bertz CT molecular complexity index is 977. The number of halogens is 1. The van der Waals surface area contributed by atoms with Gasteiger partial charge in [0, 0.05) is 6.20 Å². The first-order chi connectivity index (χ1) is 9.95. The maximum atomic E-state index is 12.3. The van der Waals surface area contributed by atoms with Crippen LogP contribution in [0.2, 0.25) is 5.15 Å². The molecule has 0 atom stereocenters. The fourth-order valence-electron chi connectivity index (χ4n) is 1.76. The van der Waals surface area contributed by atoms with E-state index in [-0.39, 0.29) is 21.3 Å². The van der Waals surface area contributed by atoms with E-state index in [2.05, 4.69) is 14.7 Å². The van der Waals surface area contributed by atoms with E-state index in [0.29, 0.717) is 5.52 Å². The topological polar surface area (TPSA) is 105 Å². The quantitative estimate of drug-likeness (QED) is 0.716. The van der Waals surface area contributed by atoms with Crippen LogP contribution in [0.5, 0.6) is 0 Å². The van der Waals surface area contributed by atoms with Gasteiger partial charge in [0.15, 0.2) is 10.7 Å². The van der Waals surface area contributed by atoms with Gasteiger partial charge in [0.2, 0.25) is 0 Å². The van der Waals surface area contributed by atoms with Gasteiger partial charge in [-0.25, -0.2) is 18.2 Å². The highest BCUT2D eigenvalue weighted by Crippen LogP contribution is 2.23. The van der Waals surface area contributed by atoms with Crippen molar-refractivity contribution >= 4 is 38.4 Å². The normalized spacial score (nSPS) is 11.7. The van der Waals surface area contributed by atoms with Gasteiger partial charge in [0.1, 0.15) is 0 Å². The number of hydrogen-bond donors (Lipinski definition) is 2. The molecule has 0 bridgehead atoms. The minimum atomic E-state index is -3.86. The molecule has 0 aliphatic heterocycles. The number of oxazole rings is 1. The highest BCUT2D eigenvalue weighted by atomic mass is 35.5. The van der Waals surface area contributed by atoms with Crippen molar-refractivity contribution in [3.05, 3.63) is 52.2 Å². The third-order valence-electron chi connectivity index (χ3n) is 2.70. The summed E-state index contributed by atoms with van der Waals surface area (Å²) in [7, 11) is -3.86. The Morgan fingerprint density at radius 3 is 2.86 bits per heavy atom. The zero-order valence-electron chi connectivity index (χ0n) is 10.3. The number of benzene rings is 1. The number of aromatic nitrogens is 2. The molecular formula is C12H8ClN3O4S. The summed E-state index contributed by atoms with van der Waals surface area (Å²) in [6.45, 7) is 0. The minimum Gasteiger partial charge on any atom is -0.408 e. The Morgan fingerprint density at radius 1 is 1.29 bits per heavy atom. The summed E-state index contributed by atoms with van der Waals surface area (Å²) < 4.78 is 31.7. The number of rotatable bonds is 3. The zero-order chi connectivity index (χ0) is 15.0. The second-order valence-corrected chi connectivity index (χ2v) is 6.16. The Balaban J connectivity index is 2.03. The zero-order valence-corrected chi connectivity index (χ0v) is 11.9. The van der Waals surface area contributed by atoms with Gasteiger partial charge < -0.3 is 4.42 Å². The van der Waals surface area contributed by atoms with Crippen LogP contribution >= 0.6 is 11.6 Å². The maximum Gasteiger partial charge on any atom is 0.417 e. The van der Waals surface area contributed by atoms with Crippen molar-refractivity contribution in [2.45, 2.75) is 4.90 Å². The first-order valence-electron chi connectivity index (χ1n) is 5.72. The minimum absolute atomic E-state index is 0.0352. The van der Waals surface area contributed by atoms with Gasteiger partial charge in [0.25, 0.3) is 10.0 Å². The molecule has 0 unspecified atom stereocenters. The molecule has 108 valence electrons. The molecule has 0 saturated heterocycles. The molecule has 9 heteroatoms. The molecule has 7 nitrogen and oxygen atoms in total. The van der Waals surface area contributed by atoms with Crippen LogP contribution in [0.25, 0.3) is 11.1 Å². The van der Waals surface area contributed by atoms with Crippen LogP contribution in [-0.4, -0.2) is 18.4 Å². The maximum absolute atomic E-state index is 12.3. The summed E-state index contributed by atoms with van der Waals surface area (Å²) in [5, 5.41) is 0.0406. The van der Waals surface area contributed by atoms with Gasteiger partial charge >= 0.3 is 5.76 Å². The van der Waals surface area contributed by atoms with Gasteiger partial charge in [-0.3, -0.25) is 9.71 Å². The number of fused-ring (bicyclic) bond motifs is 1. The second kappa shape index (κ2) is 4.90. The molecule has 0 radical (unpaired) electrons. The van der Waals surface area contributed by atoms with Crippen LogP contribution in [-0.2, 0) is 10.0 Å². The summed E-state index contributed by atoms with van der Waals surface area (Å²) in [4.78, 5) is 17.2. The van der Waals surface area contributed by atoms with Crippen molar-refractivity contribution in [1.82, 2.24) is 9.97 Å². The molecule has 2 N–H and O–H groups in total. The molecule has 3 rings (SSSR count). The lowest BCUT2D eigenvalue weighted by Crippen LogP contribution is -2.13. The summed E-state index contributed by atoms with van der Waals surface area (Å²) in [6.07, 6.45) is 1.45. The largest absolute Gasteiger partial charge is 0.417 e. The van der Waals surface area contributed by atoms with Gasteiger partial charge in [-0.05, 0) is 30.3 Å². The smallest absolute Gasteiger partial charge is 0.408 e. The van der Waals surface area contributed by atoms with E-state index in [4.69, 9.17) is 16.0 Å². The molecule has 0 fully saturated rings. The van der Waals surface area contributed by atoms with Gasteiger partial charge in [-0.2, -0.15) is 0 Å². The van der Waals surface area contributed by atoms with Crippen LogP contribution in [0.4, 0.5) is 5.69 Å². The average molecular weight is 326 g/mol. The number of aromatic amines is 1. The number of anilines is 1. The molecule has 0 saturated carbocycles. The fraction of sp³-hybridized carbons (Fsp3) is 0. The van der Waals surface area contributed by atoms with E-state index in [1.54, 1.807) is 6.07 Å². The molecule has 2 heterocycles. The van der Waals surface area contributed by atoms with Gasteiger partial charge in [0.05, 0.1) is 16.1 Å². The van der Waals surface area contributed by atoms with Crippen molar-refractivity contribution in [3.63, 3.8) is 0 Å². The van der Waals surface area contributed by atoms with E-state index in [1.807, 2.05) is 0 Å². The molecule has 0 spiro atoms. The Kier molecular flexibility index (Phi) is 3.19. The van der Waals surface area contributed by atoms with Crippen LogP contribution < -0.4 is 10.5 Å². The number of H-pyrrole nitrogens is 1. The van der Waals surface area contributed by atoms with Crippen molar-refractivity contribution in [2.75, 3.05) is 4.72 Å². The highest BCUT2D eigenvalue weighted by Gasteiger charge is 2.17. The van der Waals surface area contributed by atoms with Crippen LogP contribution in [0, 0.1) is 0 Å². The lowest BCUT2D eigenvalue weighted by Gasteiger charge is -2.08. The molecule has 1 aromatic carbocycles. The number of hydrogen-bond acceptors (Lipinski definition) is 5. The SMILES string of the molecule is O=c1[nH]c2cc(S(=O)(=O)Nc3cccnc3Cl)ccc2o1. The third kappa shape index (κ3) is 2.63. The van der Waals surface area contributed by atoms with E-state index in [9.17, 15) is 13.2 Å². The summed E-state index contributed by atoms with van der Waals surface area (Å²) in [6, 6.07) is 7.07. The van der Waals surface area contributed by atoms with Crippen LogP contribution in [0.1, 0.15) is 0 Å². The predicted octanol–water partition coefficient (Wildman–Crippen LogP) is 1.97. The Hall–Kier alpha value is -2.32. The second-order valence-electron chi connectivity index (χ2n) is 4.12. The third-order valence-corrected chi connectivity index (χ3v) is 4.37. The number of nitrogens with one attached hydrogen (secondary N) is 2. The molecule has 0 amide bonds. The van der Waals surface area contributed by atoms with Crippen molar-refractivity contribution in [1.29, 1.82) is 0 Å². The average Bonchev–Trinajstić information content (AvgIpc) is 2.80. The van der Waals surface area contributed by atoms with Gasteiger partial charge in [-0.1, -0.05) is 11.6 Å². The van der Waals surface area contributed by atoms with E-state index in [1.165, 1.54) is 30.5 Å². The lowest BCUT2D eigenvalue weighted by atomic mass is 10.3. The molecule has 2 aromatic heterocycles.